The lowest BCUT2D eigenvalue weighted by Gasteiger charge is -2.22. The molecule has 1 N–H and O–H groups in total. The predicted octanol–water partition coefficient (Wildman–Crippen LogP) is 4.23. The fourth-order valence-electron chi connectivity index (χ4n) is 3.63. The van der Waals surface area contributed by atoms with Crippen molar-refractivity contribution in [2.75, 3.05) is 14.2 Å². The summed E-state index contributed by atoms with van der Waals surface area (Å²) in [7, 11) is 3.23. The number of methoxy groups -OCH3 is 2. The summed E-state index contributed by atoms with van der Waals surface area (Å²) < 4.78 is 16.6. The molecule has 0 aliphatic heterocycles. The lowest BCUT2D eigenvalue weighted by atomic mass is 9.92. The maximum Gasteiger partial charge on any atom is 0.261 e. The van der Waals surface area contributed by atoms with E-state index in [1.807, 2.05) is 31.2 Å². The van der Waals surface area contributed by atoms with Crippen LogP contribution < -0.4 is 19.5 Å². The number of amides is 1. The van der Waals surface area contributed by atoms with E-state index in [-0.39, 0.29) is 11.9 Å². The van der Waals surface area contributed by atoms with Gasteiger partial charge in [-0.05, 0) is 81.0 Å². The molecule has 2 aromatic rings. The summed E-state index contributed by atoms with van der Waals surface area (Å²) >= 11 is 0. The number of carbonyl (C=O) groups excluding carboxylic acids is 1. The van der Waals surface area contributed by atoms with Crippen LogP contribution in [0.3, 0.4) is 0 Å². The van der Waals surface area contributed by atoms with E-state index in [2.05, 4.69) is 17.4 Å². The number of aryl methyl sites for hydroxylation is 2. The maximum absolute atomic E-state index is 12.7. The van der Waals surface area contributed by atoms with Gasteiger partial charge < -0.3 is 19.5 Å². The van der Waals surface area contributed by atoms with Crippen LogP contribution in [0.5, 0.6) is 17.2 Å². The second-order valence-electron chi connectivity index (χ2n) is 7.24. The molecule has 0 spiro atoms. The molecule has 150 valence electrons. The molecule has 0 unspecified atom stereocenters. The Labute approximate surface area is 167 Å². The fourth-order valence-corrected chi connectivity index (χ4v) is 3.63. The van der Waals surface area contributed by atoms with E-state index in [9.17, 15) is 4.79 Å². The van der Waals surface area contributed by atoms with Gasteiger partial charge in [-0.2, -0.15) is 0 Å². The molecule has 1 aliphatic carbocycles. The Balaban J connectivity index is 1.65. The smallest absolute Gasteiger partial charge is 0.261 e. The standard InChI is InChI=1S/C23H29NO4/c1-15(21-14-19(26-3)11-12-22(21)27-4)24-23(25)16(2)28-20-10-9-17-7-5-6-8-18(17)13-20/h9-16H,5-8H2,1-4H3,(H,24,25)/t15-,16-/m1/s1. The average Bonchev–Trinajstić information content (AvgIpc) is 2.72. The van der Waals surface area contributed by atoms with Gasteiger partial charge in [0.2, 0.25) is 0 Å². The zero-order valence-corrected chi connectivity index (χ0v) is 17.1. The van der Waals surface area contributed by atoms with Crippen molar-refractivity contribution in [2.45, 2.75) is 51.7 Å². The third-order valence-electron chi connectivity index (χ3n) is 5.26. The first kappa shape index (κ1) is 20.1. The van der Waals surface area contributed by atoms with Gasteiger partial charge in [-0.25, -0.2) is 0 Å². The molecule has 0 bridgehead atoms. The monoisotopic (exact) mass is 383 g/mol. The first-order valence-corrected chi connectivity index (χ1v) is 9.82. The van der Waals surface area contributed by atoms with Gasteiger partial charge in [-0.3, -0.25) is 4.79 Å². The summed E-state index contributed by atoms with van der Waals surface area (Å²) in [5.74, 6) is 2.00. The molecule has 5 heteroatoms. The van der Waals surface area contributed by atoms with Crippen LogP contribution >= 0.6 is 0 Å². The highest BCUT2D eigenvalue weighted by molar-refractivity contribution is 5.81. The van der Waals surface area contributed by atoms with Crippen LogP contribution in [-0.4, -0.2) is 26.2 Å². The summed E-state index contributed by atoms with van der Waals surface area (Å²) in [6.45, 7) is 3.69. The number of rotatable bonds is 7. The molecular formula is C23H29NO4. The van der Waals surface area contributed by atoms with E-state index in [4.69, 9.17) is 14.2 Å². The average molecular weight is 383 g/mol. The Hall–Kier alpha value is -2.69. The number of nitrogens with one attached hydrogen (secondary N) is 1. The van der Waals surface area contributed by atoms with Crippen molar-refractivity contribution in [2.24, 2.45) is 0 Å². The minimum Gasteiger partial charge on any atom is -0.497 e. The zero-order chi connectivity index (χ0) is 20.1. The van der Waals surface area contributed by atoms with Crippen molar-refractivity contribution in [1.82, 2.24) is 5.32 Å². The molecule has 2 aromatic carbocycles. The van der Waals surface area contributed by atoms with Crippen LogP contribution in [0.15, 0.2) is 36.4 Å². The predicted molar refractivity (Wildman–Crippen MR) is 109 cm³/mol. The van der Waals surface area contributed by atoms with E-state index in [0.717, 1.165) is 29.9 Å². The first-order valence-electron chi connectivity index (χ1n) is 9.82. The summed E-state index contributed by atoms with van der Waals surface area (Å²) in [4.78, 5) is 12.7. The molecule has 3 rings (SSSR count). The Morgan fingerprint density at radius 2 is 1.64 bits per heavy atom. The van der Waals surface area contributed by atoms with Gasteiger partial charge >= 0.3 is 0 Å². The van der Waals surface area contributed by atoms with Crippen molar-refractivity contribution >= 4 is 5.91 Å². The Bertz CT molecular complexity index is 833. The van der Waals surface area contributed by atoms with Crippen molar-refractivity contribution in [1.29, 1.82) is 0 Å². The lowest BCUT2D eigenvalue weighted by Crippen LogP contribution is -2.37. The summed E-state index contributed by atoms with van der Waals surface area (Å²) in [6.07, 6.45) is 4.08. The number of ether oxygens (including phenoxy) is 3. The first-order chi connectivity index (χ1) is 13.5. The van der Waals surface area contributed by atoms with E-state index in [1.165, 1.54) is 24.0 Å². The van der Waals surface area contributed by atoms with Gasteiger partial charge in [0.1, 0.15) is 17.2 Å². The molecule has 0 heterocycles. The number of benzene rings is 2. The fraction of sp³-hybridized carbons (Fsp3) is 0.435. The van der Waals surface area contributed by atoms with Crippen molar-refractivity contribution in [3.63, 3.8) is 0 Å². The van der Waals surface area contributed by atoms with E-state index in [1.54, 1.807) is 21.1 Å². The third kappa shape index (κ3) is 4.58. The van der Waals surface area contributed by atoms with Gasteiger partial charge in [0.25, 0.3) is 5.91 Å². The molecule has 0 saturated heterocycles. The molecule has 0 aromatic heterocycles. The number of fused-ring (bicyclic) bond motifs is 1. The molecule has 5 nitrogen and oxygen atoms in total. The van der Waals surface area contributed by atoms with Gasteiger partial charge in [-0.15, -0.1) is 0 Å². The molecule has 28 heavy (non-hydrogen) atoms. The van der Waals surface area contributed by atoms with Crippen molar-refractivity contribution < 1.29 is 19.0 Å². The van der Waals surface area contributed by atoms with Crippen LogP contribution in [0, 0.1) is 0 Å². The van der Waals surface area contributed by atoms with Crippen LogP contribution in [0.25, 0.3) is 0 Å². The summed E-state index contributed by atoms with van der Waals surface area (Å²) in [5, 5.41) is 3.01. The number of hydrogen-bond donors (Lipinski definition) is 1. The largest absolute Gasteiger partial charge is 0.497 e. The topological polar surface area (TPSA) is 56.8 Å². The summed E-state index contributed by atoms with van der Waals surface area (Å²) in [6, 6.07) is 11.5. The van der Waals surface area contributed by atoms with Gasteiger partial charge in [0.15, 0.2) is 6.10 Å². The SMILES string of the molecule is COc1ccc(OC)c([C@@H](C)NC(=O)[C@@H](C)Oc2ccc3c(c2)CCCC3)c1. The maximum atomic E-state index is 12.7. The second kappa shape index (κ2) is 9.00. The van der Waals surface area contributed by atoms with Crippen LogP contribution in [0.4, 0.5) is 0 Å². The highest BCUT2D eigenvalue weighted by Gasteiger charge is 2.21. The van der Waals surface area contributed by atoms with E-state index < -0.39 is 6.10 Å². The van der Waals surface area contributed by atoms with E-state index >= 15 is 0 Å². The minimum atomic E-state index is -0.597. The van der Waals surface area contributed by atoms with Crippen molar-refractivity contribution in [3.05, 3.63) is 53.1 Å². The summed E-state index contributed by atoms with van der Waals surface area (Å²) in [5.41, 5.74) is 3.59. The molecular weight excluding hydrogens is 354 g/mol. The number of hydrogen-bond acceptors (Lipinski definition) is 4. The molecule has 0 saturated carbocycles. The number of carbonyl (C=O) groups is 1. The molecule has 2 atom stereocenters. The molecule has 0 radical (unpaired) electrons. The minimum absolute atomic E-state index is 0.171. The Morgan fingerprint density at radius 1 is 0.929 bits per heavy atom. The molecule has 1 aliphatic rings. The Kier molecular flexibility index (Phi) is 6.45. The van der Waals surface area contributed by atoms with Gasteiger partial charge in [-0.1, -0.05) is 6.07 Å². The van der Waals surface area contributed by atoms with Crippen molar-refractivity contribution in [3.8, 4) is 17.2 Å². The van der Waals surface area contributed by atoms with Gasteiger partial charge in [0, 0.05) is 5.56 Å². The zero-order valence-electron chi connectivity index (χ0n) is 17.1. The normalized spacial score (nSPS) is 15.1. The third-order valence-corrected chi connectivity index (χ3v) is 5.26. The molecule has 1 amide bonds. The highest BCUT2D eigenvalue weighted by Crippen LogP contribution is 2.29. The van der Waals surface area contributed by atoms with E-state index in [0.29, 0.717) is 5.75 Å². The quantitative estimate of drug-likeness (QED) is 0.777. The lowest BCUT2D eigenvalue weighted by molar-refractivity contribution is -0.127. The van der Waals surface area contributed by atoms with Gasteiger partial charge in [0.05, 0.1) is 20.3 Å². The highest BCUT2D eigenvalue weighted by atomic mass is 16.5. The van der Waals surface area contributed by atoms with Crippen LogP contribution in [0.1, 0.15) is 49.4 Å². The van der Waals surface area contributed by atoms with Crippen LogP contribution in [-0.2, 0) is 17.6 Å². The second-order valence-corrected chi connectivity index (χ2v) is 7.24. The molecule has 0 fully saturated rings. The Morgan fingerprint density at radius 3 is 2.36 bits per heavy atom. The van der Waals surface area contributed by atoms with Crippen LogP contribution in [0.2, 0.25) is 0 Å².